The zero-order valence-corrected chi connectivity index (χ0v) is 40.4. The molecule has 0 radical (unpaired) electrons. The standard InChI is InChI=1S/C56H85NO7/c1-6-8-10-12-14-16-18-20-22-24-25-26-27-28-29-31-32-34-36-38-40-42-44-46-54(58)63-51-52(50-62-49-48-53(56(60)61)57(3,4)5)64-55(59)47-45-43-41-39-37-35-33-30-23-21-19-17-15-13-11-9-7-2/h8-11,13-17,19-23,25-26,28-30,32-35,37,52-53H,6-7,12,18,24,27,31,36,38-51H2,1-5H3/b10-8+,11-9+,15-13+,16-14+,19-17+,22-20+,23-21+,26-25+,29-28+,33-30+,34-32+,37-35+. The van der Waals surface area contributed by atoms with Crippen molar-refractivity contribution in [3.8, 4) is 0 Å². The molecule has 0 aromatic heterocycles. The van der Waals surface area contributed by atoms with Gasteiger partial charge in [0.25, 0.3) is 0 Å². The van der Waals surface area contributed by atoms with Crippen molar-refractivity contribution in [1.82, 2.24) is 0 Å². The maximum absolute atomic E-state index is 12.7. The Kier molecular flexibility index (Phi) is 41.5. The zero-order chi connectivity index (χ0) is 47.0. The van der Waals surface area contributed by atoms with E-state index in [1.807, 2.05) is 60.8 Å². The Hall–Kier alpha value is -4.79. The minimum atomic E-state index is -1.14. The normalized spacial score (nSPS) is 14.2. The maximum Gasteiger partial charge on any atom is 0.306 e. The van der Waals surface area contributed by atoms with Gasteiger partial charge in [0.05, 0.1) is 40.3 Å². The van der Waals surface area contributed by atoms with Crippen LogP contribution in [-0.4, -0.2) is 75.5 Å². The summed E-state index contributed by atoms with van der Waals surface area (Å²) in [4.78, 5) is 37.0. The van der Waals surface area contributed by atoms with E-state index >= 15 is 0 Å². The molecule has 8 heteroatoms. The molecule has 0 aliphatic heterocycles. The van der Waals surface area contributed by atoms with Crippen LogP contribution in [0.1, 0.15) is 136 Å². The molecular weight excluding hydrogens is 799 g/mol. The van der Waals surface area contributed by atoms with Crippen molar-refractivity contribution in [3.63, 3.8) is 0 Å². The van der Waals surface area contributed by atoms with Gasteiger partial charge in [-0.25, -0.2) is 0 Å². The molecular formula is C56H85NO7. The lowest BCUT2D eigenvalue weighted by atomic mass is 10.1. The molecule has 64 heavy (non-hydrogen) atoms. The number of rotatable bonds is 40. The number of carbonyl (C=O) groups is 3. The summed E-state index contributed by atoms with van der Waals surface area (Å²) in [5.41, 5.74) is 0. The predicted molar refractivity (Wildman–Crippen MR) is 267 cm³/mol. The van der Waals surface area contributed by atoms with E-state index in [2.05, 4.69) is 98.9 Å². The van der Waals surface area contributed by atoms with Gasteiger partial charge < -0.3 is 28.6 Å². The number of likely N-dealkylation sites (N-methyl/N-ethyl adjacent to an activating group) is 1. The Morgan fingerprint density at radius 2 is 0.906 bits per heavy atom. The Morgan fingerprint density at radius 3 is 1.41 bits per heavy atom. The van der Waals surface area contributed by atoms with E-state index < -0.39 is 18.1 Å². The Bertz CT molecular complexity index is 1540. The lowest BCUT2D eigenvalue weighted by molar-refractivity contribution is -0.889. The van der Waals surface area contributed by atoms with Crippen molar-refractivity contribution in [2.24, 2.45) is 0 Å². The fourth-order valence-corrected chi connectivity index (χ4v) is 5.99. The topological polar surface area (TPSA) is 102 Å². The van der Waals surface area contributed by atoms with E-state index in [1.165, 1.54) is 0 Å². The number of carboxylic acids is 1. The SMILES string of the molecule is CC/C=C/C=C/C=C/C=C/C=C/C=C/CCCCCC(=O)OC(COCCC(C(=O)[O-])[N+](C)(C)C)COC(=O)CCCCCC/C=C/C/C=C/C/C=C/C/C=C/C/C=C/C/C=C/CC. The summed E-state index contributed by atoms with van der Waals surface area (Å²) in [5.74, 6) is -1.85. The van der Waals surface area contributed by atoms with Crippen LogP contribution in [0.2, 0.25) is 0 Å². The fourth-order valence-electron chi connectivity index (χ4n) is 5.99. The van der Waals surface area contributed by atoms with Crippen molar-refractivity contribution in [1.29, 1.82) is 0 Å². The van der Waals surface area contributed by atoms with Gasteiger partial charge in [-0.15, -0.1) is 0 Å². The van der Waals surface area contributed by atoms with E-state index in [9.17, 15) is 19.5 Å². The van der Waals surface area contributed by atoms with Gasteiger partial charge in [-0.05, 0) is 83.5 Å². The molecule has 0 saturated carbocycles. The van der Waals surface area contributed by atoms with Crippen LogP contribution in [0.5, 0.6) is 0 Å². The van der Waals surface area contributed by atoms with Crippen molar-refractivity contribution >= 4 is 17.9 Å². The molecule has 0 aromatic carbocycles. The summed E-state index contributed by atoms with van der Waals surface area (Å²) in [5, 5.41) is 11.7. The summed E-state index contributed by atoms with van der Waals surface area (Å²) in [7, 11) is 5.36. The zero-order valence-electron chi connectivity index (χ0n) is 40.4. The second kappa shape index (κ2) is 44.8. The van der Waals surface area contributed by atoms with Gasteiger partial charge in [-0.3, -0.25) is 9.59 Å². The van der Waals surface area contributed by atoms with E-state index in [-0.39, 0.29) is 49.1 Å². The van der Waals surface area contributed by atoms with Gasteiger partial charge in [0.2, 0.25) is 0 Å². The minimum Gasteiger partial charge on any atom is -0.544 e. The quantitative estimate of drug-likeness (QED) is 0.0199. The smallest absolute Gasteiger partial charge is 0.306 e. The highest BCUT2D eigenvalue weighted by molar-refractivity contribution is 5.70. The van der Waals surface area contributed by atoms with Crippen LogP contribution in [0.3, 0.4) is 0 Å². The Labute approximate surface area is 389 Å². The van der Waals surface area contributed by atoms with Gasteiger partial charge in [-0.2, -0.15) is 0 Å². The first-order chi connectivity index (χ1) is 31.1. The molecule has 0 fully saturated rings. The number of unbranched alkanes of at least 4 members (excludes halogenated alkanes) is 7. The van der Waals surface area contributed by atoms with E-state index in [4.69, 9.17) is 14.2 Å². The maximum atomic E-state index is 12.7. The molecule has 8 nitrogen and oxygen atoms in total. The summed E-state index contributed by atoms with van der Waals surface area (Å²) < 4.78 is 17.1. The van der Waals surface area contributed by atoms with Gasteiger partial charge in [0, 0.05) is 19.3 Å². The summed E-state index contributed by atoms with van der Waals surface area (Å²) in [6.07, 6.45) is 65.9. The molecule has 0 aliphatic rings. The molecule has 0 spiro atoms. The summed E-state index contributed by atoms with van der Waals surface area (Å²) >= 11 is 0. The van der Waals surface area contributed by atoms with Crippen LogP contribution in [0.25, 0.3) is 0 Å². The Balaban J connectivity index is 4.46. The number of esters is 2. The number of quaternary nitrogens is 1. The first-order valence-corrected chi connectivity index (χ1v) is 23.9. The molecule has 0 saturated heterocycles. The molecule has 356 valence electrons. The first-order valence-electron chi connectivity index (χ1n) is 23.9. The van der Waals surface area contributed by atoms with Gasteiger partial charge in [0.15, 0.2) is 6.10 Å². The van der Waals surface area contributed by atoms with Gasteiger partial charge in [0.1, 0.15) is 12.6 Å². The van der Waals surface area contributed by atoms with Crippen molar-refractivity contribution in [2.45, 2.75) is 148 Å². The van der Waals surface area contributed by atoms with Gasteiger partial charge in [-0.1, -0.05) is 179 Å². The van der Waals surface area contributed by atoms with Crippen molar-refractivity contribution in [2.75, 3.05) is 41.0 Å². The van der Waals surface area contributed by atoms with E-state index in [0.717, 1.165) is 96.3 Å². The molecule has 0 aromatic rings. The van der Waals surface area contributed by atoms with Crippen molar-refractivity contribution < 1.29 is 38.2 Å². The number of hydrogen-bond acceptors (Lipinski definition) is 7. The van der Waals surface area contributed by atoms with Crippen LogP contribution in [0.4, 0.5) is 0 Å². The fraction of sp³-hybridized carbons (Fsp3) is 0.518. The van der Waals surface area contributed by atoms with Crippen LogP contribution in [0, 0.1) is 0 Å². The number of carboxylic acid groups (broad SMARTS) is 1. The van der Waals surface area contributed by atoms with Gasteiger partial charge >= 0.3 is 11.9 Å². The molecule has 0 N–H and O–H groups in total. The highest BCUT2D eigenvalue weighted by Gasteiger charge is 2.25. The van der Waals surface area contributed by atoms with Crippen LogP contribution >= 0.6 is 0 Å². The number of carbonyl (C=O) groups excluding carboxylic acids is 3. The third-order valence-corrected chi connectivity index (χ3v) is 9.63. The summed E-state index contributed by atoms with van der Waals surface area (Å²) in [6.45, 7) is 4.29. The third-order valence-electron chi connectivity index (χ3n) is 9.63. The van der Waals surface area contributed by atoms with Crippen LogP contribution in [-0.2, 0) is 28.6 Å². The number of allylic oxidation sites excluding steroid dienone is 24. The largest absolute Gasteiger partial charge is 0.544 e. The lowest BCUT2D eigenvalue weighted by Crippen LogP contribution is -2.55. The van der Waals surface area contributed by atoms with Crippen LogP contribution < -0.4 is 5.11 Å². The molecule has 0 bridgehead atoms. The lowest BCUT2D eigenvalue weighted by Gasteiger charge is -2.34. The number of nitrogens with zero attached hydrogens (tertiary/aromatic N) is 1. The third kappa shape index (κ3) is 42.5. The molecule has 0 heterocycles. The monoisotopic (exact) mass is 884 g/mol. The molecule has 2 atom stereocenters. The predicted octanol–water partition coefficient (Wildman–Crippen LogP) is 12.4. The molecule has 0 rings (SSSR count). The summed E-state index contributed by atoms with van der Waals surface area (Å²) in [6, 6.07) is -0.750. The average Bonchev–Trinajstić information content (AvgIpc) is 3.26. The second-order valence-electron chi connectivity index (χ2n) is 16.4. The number of ether oxygens (including phenoxy) is 3. The first kappa shape index (κ1) is 59.2. The highest BCUT2D eigenvalue weighted by atomic mass is 16.6. The van der Waals surface area contributed by atoms with E-state index in [1.54, 1.807) is 21.1 Å². The van der Waals surface area contributed by atoms with Crippen molar-refractivity contribution in [3.05, 3.63) is 146 Å². The van der Waals surface area contributed by atoms with E-state index in [0.29, 0.717) is 12.8 Å². The Morgan fingerprint density at radius 1 is 0.484 bits per heavy atom. The van der Waals surface area contributed by atoms with Crippen LogP contribution in [0.15, 0.2) is 146 Å². The molecule has 0 aliphatic carbocycles. The average molecular weight is 884 g/mol. The number of hydrogen-bond donors (Lipinski definition) is 0. The molecule has 2 unspecified atom stereocenters. The molecule has 0 amide bonds. The second-order valence-corrected chi connectivity index (χ2v) is 16.4. The highest BCUT2D eigenvalue weighted by Crippen LogP contribution is 2.11. The number of aliphatic carboxylic acids is 1. The minimum absolute atomic E-state index is 0.00199.